The van der Waals surface area contributed by atoms with Crippen molar-refractivity contribution in [3.8, 4) is 5.75 Å². The normalized spacial score (nSPS) is 19.4. The van der Waals surface area contributed by atoms with Crippen molar-refractivity contribution in [3.63, 3.8) is 0 Å². The number of nitrogens with zero attached hydrogens (tertiary/aromatic N) is 2. The number of pyridine rings is 1. The molecule has 1 amide bonds. The van der Waals surface area contributed by atoms with Gasteiger partial charge < -0.3 is 9.64 Å². The highest BCUT2D eigenvalue weighted by molar-refractivity contribution is 5.98. The first-order valence-electron chi connectivity index (χ1n) is 6.47. The van der Waals surface area contributed by atoms with E-state index in [1.54, 1.807) is 17.2 Å². The van der Waals surface area contributed by atoms with Gasteiger partial charge in [0.15, 0.2) is 0 Å². The molecule has 0 saturated carbocycles. The average Bonchev–Trinajstić information content (AvgIpc) is 2.47. The first kappa shape index (κ1) is 13.5. The van der Waals surface area contributed by atoms with E-state index >= 15 is 0 Å². The molecule has 0 spiro atoms. The summed E-state index contributed by atoms with van der Waals surface area (Å²) in [7, 11) is 1.52. The summed E-state index contributed by atoms with van der Waals surface area (Å²) in [6.07, 6.45) is 4.32. The van der Waals surface area contributed by atoms with E-state index in [0.29, 0.717) is 30.8 Å². The van der Waals surface area contributed by atoms with Gasteiger partial charge in [0.05, 0.1) is 18.9 Å². The topological polar surface area (TPSA) is 59.5 Å². The fraction of sp³-hybridized carbons (Fsp3) is 0.500. The summed E-state index contributed by atoms with van der Waals surface area (Å²) in [5, 5.41) is 0. The molecule has 2 rings (SSSR count). The minimum Gasteiger partial charge on any atom is -0.494 e. The van der Waals surface area contributed by atoms with Crippen LogP contribution < -0.4 is 4.74 Å². The Kier molecular flexibility index (Phi) is 4.14. The molecule has 1 aliphatic rings. The zero-order valence-electron chi connectivity index (χ0n) is 11.3. The van der Waals surface area contributed by atoms with Crippen molar-refractivity contribution in [2.45, 2.75) is 19.8 Å². The molecule has 0 aliphatic carbocycles. The van der Waals surface area contributed by atoms with Crippen LogP contribution in [0.25, 0.3) is 0 Å². The molecule has 5 nitrogen and oxygen atoms in total. The highest BCUT2D eigenvalue weighted by atomic mass is 16.5. The molecule has 1 fully saturated rings. The number of methoxy groups -OCH3 is 1. The Morgan fingerprint density at radius 3 is 3.05 bits per heavy atom. The third kappa shape index (κ3) is 2.75. The summed E-state index contributed by atoms with van der Waals surface area (Å²) in [6, 6.07) is 1.65. The number of rotatable bonds is 3. The van der Waals surface area contributed by atoms with E-state index in [2.05, 4.69) is 4.98 Å². The molecule has 0 bridgehead atoms. The number of piperidine rings is 1. The first-order chi connectivity index (χ1) is 9.17. The highest BCUT2D eigenvalue weighted by Crippen LogP contribution is 2.22. The van der Waals surface area contributed by atoms with Gasteiger partial charge in [0.1, 0.15) is 11.5 Å². The zero-order valence-corrected chi connectivity index (χ0v) is 11.3. The standard InChI is InChI=1S/C14H18N2O3/c1-3-10-9-16(7-5-12(10)17)14(18)11-4-6-15-8-13(11)19-2/h4,6,8,10H,3,5,7,9H2,1-2H3. The molecule has 0 radical (unpaired) electrons. The predicted octanol–water partition coefficient (Wildman–Crippen LogP) is 1.53. The molecule has 0 aromatic carbocycles. The number of ether oxygens (including phenoxy) is 1. The number of Topliss-reactive ketones (excluding diaryl/α,β-unsaturated/α-hetero) is 1. The van der Waals surface area contributed by atoms with Crippen LogP contribution in [0, 0.1) is 5.92 Å². The van der Waals surface area contributed by atoms with Crippen LogP contribution in [0.4, 0.5) is 0 Å². The third-order valence-corrected chi connectivity index (χ3v) is 3.54. The summed E-state index contributed by atoms with van der Waals surface area (Å²) >= 11 is 0. The van der Waals surface area contributed by atoms with E-state index in [1.165, 1.54) is 13.3 Å². The molecule has 1 unspecified atom stereocenters. The molecule has 5 heteroatoms. The van der Waals surface area contributed by atoms with Crippen molar-refractivity contribution in [1.29, 1.82) is 0 Å². The van der Waals surface area contributed by atoms with Crippen LogP contribution in [0.2, 0.25) is 0 Å². The second kappa shape index (κ2) is 5.82. The maximum absolute atomic E-state index is 12.5. The number of hydrogen-bond donors (Lipinski definition) is 0. The largest absolute Gasteiger partial charge is 0.494 e. The summed E-state index contributed by atoms with van der Waals surface area (Å²) in [5.41, 5.74) is 0.502. The quantitative estimate of drug-likeness (QED) is 0.829. The summed E-state index contributed by atoms with van der Waals surface area (Å²) in [6.45, 7) is 2.96. The van der Waals surface area contributed by atoms with Crippen LogP contribution in [0.15, 0.2) is 18.5 Å². The molecule has 0 N–H and O–H groups in total. The zero-order chi connectivity index (χ0) is 13.8. The fourth-order valence-electron chi connectivity index (χ4n) is 2.34. The van der Waals surface area contributed by atoms with Crippen LogP contribution in [-0.4, -0.2) is 41.8 Å². The van der Waals surface area contributed by atoms with E-state index in [0.717, 1.165) is 6.42 Å². The van der Waals surface area contributed by atoms with Crippen molar-refractivity contribution in [2.24, 2.45) is 5.92 Å². The number of hydrogen-bond acceptors (Lipinski definition) is 4. The van der Waals surface area contributed by atoms with Crippen molar-refractivity contribution >= 4 is 11.7 Å². The van der Waals surface area contributed by atoms with E-state index < -0.39 is 0 Å². The highest BCUT2D eigenvalue weighted by Gasteiger charge is 2.30. The second-order valence-electron chi connectivity index (χ2n) is 4.65. The maximum atomic E-state index is 12.5. The number of aromatic nitrogens is 1. The van der Waals surface area contributed by atoms with Gasteiger partial charge in [0.2, 0.25) is 0 Å². The molecule has 1 atom stereocenters. The SMILES string of the molecule is CCC1CN(C(=O)c2ccncc2OC)CCC1=O. The Labute approximate surface area is 112 Å². The minimum atomic E-state index is -0.0924. The molecule has 2 heterocycles. The lowest BCUT2D eigenvalue weighted by atomic mass is 9.93. The van der Waals surface area contributed by atoms with E-state index in [1.807, 2.05) is 6.92 Å². The molecular formula is C14H18N2O3. The Bertz CT molecular complexity index is 487. The van der Waals surface area contributed by atoms with Crippen LogP contribution in [0.3, 0.4) is 0 Å². The number of carbonyl (C=O) groups excluding carboxylic acids is 2. The Balaban J connectivity index is 2.18. The third-order valence-electron chi connectivity index (χ3n) is 3.54. The van der Waals surface area contributed by atoms with Crippen LogP contribution in [0.5, 0.6) is 5.75 Å². The molecule has 1 aliphatic heterocycles. The van der Waals surface area contributed by atoms with Gasteiger partial charge in [0, 0.05) is 31.6 Å². The second-order valence-corrected chi connectivity index (χ2v) is 4.65. The molecule has 1 aromatic rings. The van der Waals surface area contributed by atoms with Gasteiger partial charge in [-0.15, -0.1) is 0 Å². The van der Waals surface area contributed by atoms with Crippen LogP contribution in [-0.2, 0) is 4.79 Å². The van der Waals surface area contributed by atoms with Crippen molar-refractivity contribution < 1.29 is 14.3 Å². The minimum absolute atomic E-state index is 0.0365. The molecular weight excluding hydrogens is 244 g/mol. The van der Waals surface area contributed by atoms with Gasteiger partial charge >= 0.3 is 0 Å². The van der Waals surface area contributed by atoms with Gasteiger partial charge in [-0.05, 0) is 12.5 Å². The lowest BCUT2D eigenvalue weighted by Gasteiger charge is -2.31. The number of likely N-dealkylation sites (tertiary alicyclic amines) is 1. The Morgan fingerprint density at radius 1 is 1.58 bits per heavy atom. The molecule has 19 heavy (non-hydrogen) atoms. The van der Waals surface area contributed by atoms with E-state index in [-0.39, 0.29) is 17.6 Å². The van der Waals surface area contributed by atoms with E-state index in [4.69, 9.17) is 4.74 Å². The number of amides is 1. The molecule has 1 aromatic heterocycles. The summed E-state index contributed by atoms with van der Waals surface area (Å²) in [5.74, 6) is 0.599. The monoisotopic (exact) mass is 262 g/mol. The van der Waals surface area contributed by atoms with Crippen molar-refractivity contribution in [3.05, 3.63) is 24.0 Å². The lowest BCUT2D eigenvalue weighted by molar-refractivity contribution is -0.125. The van der Waals surface area contributed by atoms with Gasteiger partial charge in [-0.25, -0.2) is 0 Å². The van der Waals surface area contributed by atoms with Crippen LogP contribution in [0.1, 0.15) is 30.1 Å². The van der Waals surface area contributed by atoms with Gasteiger partial charge in [-0.1, -0.05) is 6.92 Å². The van der Waals surface area contributed by atoms with Crippen molar-refractivity contribution in [2.75, 3.05) is 20.2 Å². The maximum Gasteiger partial charge on any atom is 0.257 e. The molecule has 102 valence electrons. The smallest absolute Gasteiger partial charge is 0.257 e. The average molecular weight is 262 g/mol. The van der Waals surface area contributed by atoms with Gasteiger partial charge in [-0.3, -0.25) is 14.6 Å². The Hall–Kier alpha value is -1.91. The lowest BCUT2D eigenvalue weighted by Crippen LogP contribution is -2.44. The summed E-state index contributed by atoms with van der Waals surface area (Å²) in [4.78, 5) is 29.8. The van der Waals surface area contributed by atoms with Crippen molar-refractivity contribution in [1.82, 2.24) is 9.88 Å². The number of ketones is 1. The van der Waals surface area contributed by atoms with Gasteiger partial charge in [-0.2, -0.15) is 0 Å². The van der Waals surface area contributed by atoms with E-state index in [9.17, 15) is 9.59 Å². The first-order valence-corrected chi connectivity index (χ1v) is 6.47. The van der Waals surface area contributed by atoms with Crippen LogP contribution >= 0.6 is 0 Å². The summed E-state index contributed by atoms with van der Waals surface area (Å²) < 4.78 is 5.15. The number of carbonyl (C=O) groups is 2. The predicted molar refractivity (Wildman–Crippen MR) is 70.1 cm³/mol. The van der Waals surface area contributed by atoms with Gasteiger partial charge in [0.25, 0.3) is 5.91 Å². The fourth-order valence-corrected chi connectivity index (χ4v) is 2.34. The molecule has 1 saturated heterocycles. The Morgan fingerprint density at radius 2 is 2.37 bits per heavy atom.